The van der Waals surface area contributed by atoms with Crippen LogP contribution in [0.2, 0.25) is 0 Å². The van der Waals surface area contributed by atoms with Gasteiger partial charge in [0.05, 0.1) is 11.8 Å². The van der Waals surface area contributed by atoms with Gasteiger partial charge in [-0.25, -0.2) is 4.98 Å². The molecule has 3 rings (SSSR count). The van der Waals surface area contributed by atoms with Gasteiger partial charge in [0, 0.05) is 37.1 Å². The summed E-state index contributed by atoms with van der Waals surface area (Å²) >= 11 is 0. The minimum absolute atomic E-state index is 0.230. The Labute approximate surface area is 93.6 Å². The summed E-state index contributed by atoms with van der Waals surface area (Å²) in [6.07, 6.45) is 6.98. The molecule has 0 aromatic carbocycles. The fourth-order valence-corrected chi connectivity index (χ4v) is 2.09. The molecular formula is C12H13N3O. The molecule has 0 saturated carbocycles. The molecule has 0 saturated heterocycles. The Kier molecular flexibility index (Phi) is 2.22. The first-order valence-electron chi connectivity index (χ1n) is 5.47. The molecule has 0 aliphatic carbocycles. The maximum absolute atomic E-state index is 9.58. The minimum Gasteiger partial charge on any atom is -0.391 e. The molecule has 0 amide bonds. The standard InChI is InChI=1S/C12H13N3O/c16-10-1-2-12-14-11(8-15(12)7-10)9-3-5-13-6-4-9/h3-6,8,10,16H,1-2,7H2. The van der Waals surface area contributed by atoms with Crippen molar-refractivity contribution in [3.05, 3.63) is 36.5 Å². The lowest BCUT2D eigenvalue weighted by Crippen LogP contribution is -2.23. The van der Waals surface area contributed by atoms with Gasteiger partial charge < -0.3 is 9.67 Å². The molecule has 0 radical (unpaired) electrons. The molecule has 4 nitrogen and oxygen atoms in total. The van der Waals surface area contributed by atoms with Crippen molar-refractivity contribution in [2.75, 3.05) is 0 Å². The van der Waals surface area contributed by atoms with Gasteiger partial charge in [0.15, 0.2) is 0 Å². The van der Waals surface area contributed by atoms with E-state index in [2.05, 4.69) is 9.97 Å². The molecule has 2 aromatic heterocycles. The molecule has 4 heteroatoms. The van der Waals surface area contributed by atoms with E-state index in [0.29, 0.717) is 6.54 Å². The van der Waals surface area contributed by atoms with Gasteiger partial charge in [-0.1, -0.05) is 0 Å². The number of imidazole rings is 1. The lowest BCUT2D eigenvalue weighted by atomic mass is 10.1. The Morgan fingerprint density at radius 3 is 2.94 bits per heavy atom. The van der Waals surface area contributed by atoms with Crippen molar-refractivity contribution >= 4 is 0 Å². The van der Waals surface area contributed by atoms with Crippen LogP contribution in [0.4, 0.5) is 0 Å². The fourth-order valence-electron chi connectivity index (χ4n) is 2.09. The molecule has 1 N–H and O–H groups in total. The normalized spacial score (nSPS) is 19.4. The van der Waals surface area contributed by atoms with E-state index in [9.17, 15) is 5.11 Å². The van der Waals surface area contributed by atoms with Gasteiger partial charge >= 0.3 is 0 Å². The SMILES string of the molecule is OC1CCc2nc(-c3ccncc3)cn2C1. The van der Waals surface area contributed by atoms with Gasteiger partial charge in [-0.05, 0) is 18.6 Å². The highest BCUT2D eigenvalue weighted by Crippen LogP contribution is 2.21. The summed E-state index contributed by atoms with van der Waals surface area (Å²) < 4.78 is 2.05. The van der Waals surface area contributed by atoms with Crippen LogP contribution in [0.25, 0.3) is 11.3 Å². The van der Waals surface area contributed by atoms with E-state index in [-0.39, 0.29) is 6.10 Å². The van der Waals surface area contributed by atoms with Crippen LogP contribution < -0.4 is 0 Å². The summed E-state index contributed by atoms with van der Waals surface area (Å²) in [7, 11) is 0. The van der Waals surface area contributed by atoms with E-state index in [1.165, 1.54) is 0 Å². The first-order chi connectivity index (χ1) is 7.83. The summed E-state index contributed by atoms with van der Waals surface area (Å²) in [4.78, 5) is 8.57. The first-order valence-corrected chi connectivity index (χ1v) is 5.47. The largest absolute Gasteiger partial charge is 0.391 e. The Morgan fingerprint density at radius 1 is 1.31 bits per heavy atom. The van der Waals surface area contributed by atoms with Crippen molar-refractivity contribution in [3.8, 4) is 11.3 Å². The molecule has 1 aliphatic heterocycles. The van der Waals surface area contributed by atoms with E-state index in [1.54, 1.807) is 12.4 Å². The molecule has 1 atom stereocenters. The summed E-state index contributed by atoms with van der Waals surface area (Å²) in [5.41, 5.74) is 2.04. The van der Waals surface area contributed by atoms with Crippen LogP contribution in [-0.4, -0.2) is 25.7 Å². The van der Waals surface area contributed by atoms with E-state index in [1.807, 2.05) is 22.9 Å². The van der Waals surface area contributed by atoms with Gasteiger partial charge in [0.2, 0.25) is 0 Å². The van der Waals surface area contributed by atoms with E-state index < -0.39 is 0 Å². The number of rotatable bonds is 1. The quantitative estimate of drug-likeness (QED) is 0.779. The first kappa shape index (κ1) is 9.54. The predicted octanol–water partition coefficient (Wildman–Crippen LogP) is 1.25. The van der Waals surface area contributed by atoms with Gasteiger partial charge in [0.1, 0.15) is 5.82 Å². The number of aliphatic hydroxyl groups is 1. The van der Waals surface area contributed by atoms with Crippen LogP contribution in [0.15, 0.2) is 30.7 Å². The molecule has 3 heterocycles. The zero-order chi connectivity index (χ0) is 11.0. The van der Waals surface area contributed by atoms with Crippen LogP contribution in [-0.2, 0) is 13.0 Å². The third kappa shape index (κ3) is 1.61. The van der Waals surface area contributed by atoms with Crippen molar-refractivity contribution in [1.82, 2.24) is 14.5 Å². The van der Waals surface area contributed by atoms with Crippen LogP contribution in [0, 0.1) is 0 Å². The Morgan fingerprint density at radius 2 is 2.12 bits per heavy atom. The fraction of sp³-hybridized carbons (Fsp3) is 0.333. The molecule has 1 unspecified atom stereocenters. The van der Waals surface area contributed by atoms with Crippen molar-refractivity contribution in [3.63, 3.8) is 0 Å². The van der Waals surface area contributed by atoms with Crippen LogP contribution >= 0.6 is 0 Å². The van der Waals surface area contributed by atoms with Crippen molar-refractivity contribution in [2.24, 2.45) is 0 Å². The van der Waals surface area contributed by atoms with E-state index in [4.69, 9.17) is 0 Å². The second kappa shape index (κ2) is 3.72. The summed E-state index contributed by atoms with van der Waals surface area (Å²) in [6, 6.07) is 3.90. The van der Waals surface area contributed by atoms with E-state index >= 15 is 0 Å². The lowest BCUT2D eigenvalue weighted by Gasteiger charge is -2.18. The van der Waals surface area contributed by atoms with Crippen LogP contribution in [0.1, 0.15) is 12.2 Å². The highest BCUT2D eigenvalue weighted by Gasteiger charge is 2.18. The maximum Gasteiger partial charge on any atom is 0.109 e. The highest BCUT2D eigenvalue weighted by molar-refractivity contribution is 5.57. The van der Waals surface area contributed by atoms with Crippen molar-refractivity contribution < 1.29 is 5.11 Å². The van der Waals surface area contributed by atoms with Gasteiger partial charge in [0.25, 0.3) is 0 Å². The van der Waals surface area contributed by atoms with Crippen LogP contribution in [0.5, 0.6) is 0 Å². The molecule has 2 aromatic rings. The smallest absolute Gasteiger partial charge is 0.109 e. The number of nitrogens with zero attached hydrogens (tertiary/aromatic N) is 3. The number of aliphatic hydroxyl groups excluding tert-OH is 1. The molecular weight excluding hydrogens is 202 g/mol. The summed E-state index contributed by atoms with van der Waals surface area (Å²) in [5, 5.41) is 9.58. The number of hydrogen-bond donors (Lipinski definition) is 1. The molecule has 16 heavy (non-hydrogen) atoms. The average molecular weight is 215 g/mol. The molecule has 82 valence electrons. The maximum atomic E-state index is 9.58. The third-order valence-corrected chi connectivity index (χ3v) is 2.94. The van der Waals surface area contributed by atoms with Gasteiger partial charge in [-0.15, -0.1) is 0 Å². The zero-order valence-electron chi connectivity index (χ0n) is 8.87. The van der Waals surface area contributed by atoms with Gasteiger partial charge in [-0.2, -0.15) is 0 Å². The lowest BCUT2D eigenvalue weighted by molar-refractivity contribution is 0.130. The second-order valence-electron chi connectivity index (χ2n) is 4.12. The number of hydrogen-bond acceptors (Lipinski definition) is 3. The summed E-state index contributed by atoms with van der Waals surface area (Å²) in [5.74, 6) is 1.07. The molecule has 1 aliphatic rings. The molecule has 0 spiro atoms. The predicted molar refractivity (Wildman–Crippen MR) is 59.8 cm³/mol. The monoisotopic (exact) mass is 215 g/mol. The summed E-state index contributed by atoms with van der Waals surface area (Å²) in [6.45, 7) is 0.660. The Bertz CT molecular complexity index is 492. The molecule has 0 fully saturated rings. The number of pyridine rings is 1. The van der Waals surface area contributed by atoms with E-state index in [0.717, 1.165) is 29.9 Å². The average Bonchev–Trinajstić information content (AvgIpc) is 2.73. The Hall–Kier alpha value is -1.68. The highest BCUT2D eigenvalue weighted by atomic mass is 16.3. The third-order valence-electron chi connectivity index (χ3n) is 2.94. The molecule has 0 bridgehead atoms. The van der Waals surface area contributed by atoms with Gasteiger partial charge in [-0.3, -0.25) is 4.98 Å². The number of fused-ring (bicyclic) bond motifs is 1. The minimum atomic E-state index is -0.230. The Balaban J connectivity index is 1.99. The number of aryl methyl sites for hydroxylation is 1. The zero-order valence-corrected chi connectivity index (χ0v) is 8.87. The van der Waals surface area contributed by atoms with Crippen LogP contribution in [0.3, 0.4) is 0 Å². The second-order valence-corrected chi connectivity index (χ2v) is 4.12. The number of aromatic nitrogens is 3. The van der Waals surface area contributed by atoms with Crippen molar-refractivity contribution in [2.45, 2.75) is 25.5 Å². The van der Waals surface area contributed by atoms with Crippen molar-refractivity contribution in [1.29, 1.82) is 0 Å². The topological polar surface area (TPSA) is 50.9 Å².